The summed E-state index contributed by atoms with van der Waals surface area (Å²) in [6.07, 6.45) is -19.8. The van der Waals surface area contributed by atoms with Crippen LogP contribution in [0, 0.1) is 25.2 Å². The fourth-order valence-electron chi connectivity index (χ4n) is 7.36. The summed E-state index contributed by atoms with van der Waals surface area (Å²) < 4.78 is 173. The van der Waals surface area contributed by atoms with Crippen LogP contribution in [-0.4, -0.2) is 19.1 Å². The summed E-state index contributed by atoms with van der Waals surface area (Å²) in [5.74, 6) is -0.255. The first-order valence-corrected chi connectivity index (χ1v) is 16.9. The molecule has 58 heavy (non-hydrogen) atoms. The highest BCUT2D eigenvalue weighted by molar-refractivity contribution is 6.12. The number of aryl methyl sites for hydroxylation is 2. The molecule has 3 aromatic heterocycles. The van der Waals surface area contributed by atoms with Crippen molar-refractivity contribution in [3.05, 3.63) is 130 Å². The molecule has 17 heteroatoms. The Bertz CT molecular complexity index is 2710. The van der Waals surface area contributed by atoms with Gasteiger partial charge in [0.15, 0.2) is 5.82 Å². The van der Waals surface area contributed by atoms with Gasteiger partial charge < -0.3 is 9.13 Å². The van der Waals surface area contributed by atoms with E-state index in [1.165, 1.54) is 6.07 Å². The Labute approximate surface area is 318 Å². The quantitative estimate of drug-likeness (QED) is 0.167. The lowest BCUT2D eigenvalue weighted by Crippen LogP contribution is -2.10. The number of fused-ring (bicyclic) bond motifs is 6. The highest BCUT2D eigenvalue weighted by Gasteiger charge is 2.36. The van der Waals surface area contributed by atoms with Gasteiger partial charge in [-0.15, -0.1) is 0 Å². The van der Waals surface area contributed by atoms with Crippen LogP contribution in [0.25, 0.3) is 66.4 Å². The van der Waals surface area contributed by atoms with E-state index in [1.54, 1.807) is 13.8 Å². The van der Waals surface area contributed by atoms with Gasteiger partial charge in [-0.3, -0.25) is 0 Å². The number of aromatic nitrogens is 4. The number of nitrogens with zero attached hydrogens (tertiary/aromatic N) is 5. The van der Waals surface area contributed by atoms with Gasteiger partial charge in [-0.2, -0.15) is 57.9 Å². The third-order valence-corrected chi connectivity index (χ3v) is 9.76. The molecule has 0 aliphatic rings. The molecule has 0 unspecified atom stereocenters. The predicted octanol–water partition coefficient (Wildman–Crippen LogP) is 12.9. The number of halogens is 12. The zero-order valence-corrected chi connectivity index (χ0v) is 29.4. The van der Waals surface area contributed by atoms with Crippen molar-refractivity contribution < 1.29 is 52.7 Å². The lowest BCUT2D eigenvalue weighted by Gasteiger charge is -2.21. The number of hydrogen-bond acceptors (Lipinski definition) is 3. The van der Waals surface area contributed by atoms with Crippen molar-refractivity contribution in [3.63, 3.8) is 0 Å². The van der Waals surface area contributed by atoms with Gasteiger partial charge in [0.25, 0.3) is 0 Å². The first-order chi connectivity index (χ1) is 27.0. The molecule has 5 aromatic carbocycles. The molecular formula is C41H21F12N5. The van der Waals surface area contributed by atoms with E-state index in [4.69, 9.17) is 0 Å². The van der Waals surface area contributed by atoms with Gasteiger partial charge in [-0.25, -0.2) is 9.97 Å². The van der Waals surface area contributed by atoms with E-state index in [1.807, 2.05) is 6.07 Å². The maximum Gasteiger partial charge on any atom is 0.416 e. The first-order valence-electron chi connectivity index (χ1n) is 16.9. The van der Waals surface area contributed by atoms with E-state index in [-0.39, 0.29) is 71.9 Å². The smallest absolute Gasteiger partial charge is 0.308 e. The summed E-state index contributed by atoms with van der Waals surface area (Å²) in [4.78, 5) is 9.02. The van der Waals surface area contributed by atoms with Gasteiger partial charge >= 0.3 is 24.7 Å². The van der Waals surface area contributed by atoms with Crippen LogP contribution >= 0.6 is 0 Å². The van der Waals surface area contributed by atoms with Crippen molar-refractivity contribution >= 4 is 43.6 Å². The van der Waals surface area contributed by atoms with E-state index in [9.17, 15) is 57.9 Å². The van der Waals surface area contributed by atoms with Crippen molar-refractivity contribution in [1.29, 1.82) is 5.26 Å². The molecule has 0 spiro atoms. The SMILES string of the molecule is Cc1cc(C)nc(-c2c(-n3c4cc(C(F)(F)F)ccc4c4ccc(C(F)(F)F)cc43)cc(C#N)cc2-n2c3cc(C(F)(F)F)ccc3c3ccc(C(F)(F)F)cc32)n1. The Morgan fingerprint density at radius 3 is 1.00 bits per heavy atom. The van der Waals surface area contributed by atoms with E-state index >= 15 is 0 Å². The minimum atomic E-state index is -4.94. The Balaban J connectivity index is 1.64. The second-order valence-electron chi connectivity index (χ2n) is 13.6. The molecule has 0 aliphatic heterocycles. The molecule has 0 bridgehead atoms. The number of benzene rings is 5. The van der Waals surface area contributed by atoms with Crippen LogP contribution < -0.4 is 0 Å². The minimum absolute atomic E-state index is 0.0504. The van der Waals surface area contributed by atoms with Crippen molar-refractivity contribution in [3.8, 4) is 28.8 Å². The molecule has 0 radical (unpaired) electrons. The summed E-state index contributed by atoms with van der Waals surface area (Å²) >= 11 is 0. The average Bonchev–Trinajstić information content (AvgIpc) is 3.63. The Hall–Kier alpha value is -6.57. The molecule has 3 heterocycles. The van der Waals surface area contributed by atoms with Crippen LogP contribution in [0.5, 0.6) is 0 Å². The first kappa shape index (κ1) is 38.3. The molecular weight excluding hydrogens is 790 g/mol. The summed E-state index contributed by atoms with van der Waals surface area (Å²) in [6.45, 7) is 3.08. The van der Waals surface area contributed by atoms with Gasteiger partial charge in [0.05, 0.1) is 72.9 Å². The van der Waals surface area contributed by atoms with E-state index in [0.717, 1.165) is 69.8 Å². The monoisotopic (exact) mass is 811 g/mol. The highest BCUT2D eigenvalue weighted by atomic mass is 19.4. The molecule has 8 rings (SSSR count). The Morgan fingerprint density at radius 2 is 0.741 bits per heavy atom. The number of rotatable bonds is 3. The summed E-state index contributed by atoms with van der Waals surface area (Å²) in [5.41, 5.74) is -6.51. The van der Waals surface area contributed by atoms with Crippen LogP contribution in [0.2, 0.25) is 0 Å². The van der Waals surface area contributed by atoms with Gasteiger partial charge in [-0.05, 0) is 80.6 Å². The Kier molecular flexibility index (Phi) is 8.40. The van der Waals surface area contributed by atoms with Crippen molar-refractivity contribution in [2.75, 3.05) is 0 Å². The fraction of sp³-hybridized carbons (Fsp3) is 0.146. The van der Waals surface area contributed by atoms with Gasteiger partial charge in [0.1, 0.15) is 0 Å². The lowest BCUT2D eigenvalue weighted by atomic mass is 10.0. The largest absolute Gasteiger partial charge is 0.416 e. The molecule has 0 aliphatic carbocycles. The minimum Gasteiger partial charge on any atom is -0.308 e. The van der Waals surface area contributed by atoms with Crippen molar-refractivity contribution in [1.82, 2.24) is 19.1 Å². The zero-order chi connectivity index (χ0) is 41.9. The van der Waals surface area contributed by atoms with E-state index < -0.39 is 47.0 Å². The van der Waals surface area contributed by atoms with Crippen LogP contribution in [0.4, 0.5) is 52.7 Å². The molecule has 0 saturated carbocycles. The normalized spacial score (nSPS) is 13.0. The molecule has 0 amide bonds. The zero-order valence-electron chi connectivity index (χ0n) is 29.4. The molecule has 0 fully saturated rings. The van der Waals surface area contributed by atoms with Crippen molar-refractivity contribution in [2.24, 2.45) is 0 Å². The van der Waals surface area contributed by atoms with Crippen LogP contribution in [0.1, 0.15) is 39.2 Å². The van der Waals surface area contributed by atoms with Crippen LogP contribution in [0.3, 0.4) is 0 Å². The van der Waals surface area contributed by atoms with Crippen LogP contribution in [0.15, 0.2) is 91.0 Å². The molecule has 0 N–H and O–H groups in total. The number of alkyl halides is 12. The molecule has 5 nitrogen and oxygen atoms in total. The number of nitriles is 1. The van der Waals surface area contributed by atoms with Crippen molar-refractivity contribution in [2.45, 2.75) is 38.6 Å². The second-order valence-corrected chi connectivity index (χ2v) is 13.6. The average molecular weight is 812 g/mol. The van der Waals surface area contributed by atoms with Gasteiger partial charge in [-0.1, -0.05) is 24.3 Å². The Morgan fingerprint density at radius 1 is 0.448 bits per heavy atom. The molecule has 8 aromatic rings. The fourth-order valence-corrected chi connectivity index (χ4v) is 7.36. The third-order valence-electron chi connectivity index (χ3n) is 9.76. The summed E-state index contributed by atoms with van der Waals surface area (Å²) in [7, 11) is 0. The topological polar surface area (TPSA) is 59.4 Å². The maximum atomic E-state index is 14.3. The summed E-state index contributed by atoms with van der Waals surface area (Å²) in [5, 5.41) is 10.6. The molecule has 0 saturated heterocycles. The highest BCUT2D eigenvalue weighted by Crippen LogP contribution is 2.46. The van der Waals surface area contributed by atoms with Gasteiger partial charge in [0.2, 0.25) is 0 Å². The summed E-state index contributed by atoms with van der Waals surface area (Å²) in [6, 6.07) is 15.7. The lowest BCUT2D eigenvalue weighted by molar-refractivity contribution is -0.138. The standard InChI is InChI=1S/C41H21F12N5/c1-19-11-20(2)56-37(55-19)36-34(57-30-14-22(38(42,43)44)3-7-26(30)27-8-4-23(15-31(27)57)39(45,46)47)12-21(18-54)13-35(36)58-32-16-24(40(48,49)50)5-9-28(32)29-10-6-25(17-33(29)58)41(51,52)53/h3-17H,1-2H3. The van der Waals surface area contributed by atoms with E-state index in [0.29, 0.717) is 35.7 Å². The third kappa shape index (κ3) is 6.32. The predicted molar refractivity (Wildman–Crippen MR) is 190 cm³/mol. The molecule has 0 atom stereocenters. The van der Waals surface area contributed by atoms with Gasteiger partial charge in [0, 0.05) is 32.9 Å². The number of hydrogen-bond donors (Lipinski definition) is 0. The maximum absolute atomic E-state index is 14.3. The van der Waals surface area contributed by atoms with Crippen LogP contribution in [-0.2, 0) is 24.7 Å². The second kappa shape index (κ2) is 12.7. The molecule has 294 valence electrons. The van der Waals surface area contributed by atoms with E-state index in [2.05, 4.69) is 9.97 Å².